The lowest BCUT2D eigenvalue weighted by atomic mass is 10.0. The lowest BCUT2D eigenvalue weighted by Gasteiger charge is -2.10. The van der Waals surface area contributed by atoms with Gasteiger partial charge in [0.1, 0.15) is 0 Å². The van der Waals surface area contributed by atoms with Crippen LogP contribution in [0, 0.1) is 0 Å². The zero-order chi connectivity index (χ0) is 17.9. The average Bonchev–Trinajstić information content (AvgIpc) is 3.19. The second kappa shape index (κ2) is 7.23. The van der Waals surface area contributed by atoms with Crippen LogP contribution in [0.1, 0.15) is 15.2 Å². The highest BCUT2D eigenvalue weighted by atomic mass is 35.5. The van der Waals surface area contributed by atoms with Crippen molar-refractivity contribution in [3.05, 3.63) is 81.8 Å². The SMILES string of the molecule is O=C(NCc1cccs1)c1cc(-c2cccnc2)nc2ccc(Cl)cc12. The first-order valence-electron chi connectivity index (χ1n) is 8.02. The van der Waals surface area contributed by atoms with Gasteiger partial charge in [-0.3, -0.25) is 9.78 Å². The molecule has 4 rings (SSSR count). The second-order valence-electron chi connectivity index (χ2n) is 5.72. The molecule has 4 aromatic rings. The fourth-order valence-electron chi connectivity index (χ4n) is 2.72. The monoisotopic (exact) mass is 379 g/mol. The lowest BCUT2D eigenvalue weighted by molar-refractivity contribution is 0.0953. The molecule has 1 amide bonds. The number of hydrogen-bond donors (Lipinski definition) is 1. The van der Waals surface area contributed by atoms with Gasteiger partial charge in [-0.1, -0.05) is 17.7 Å². The molecule has 0 fully saturated rings. The highest BCUT2D eigenvalue weighted by Gasteiger charge is 2.14. The molecule has 0 atom stereocenters. The Kier molecular flexibility index (Phi) is 4.65. The number of nitrogens with one attached hydrogen (secondary N) is 1. The van der Waals surface area contributed by atoms with Gasteiger partial charge in [0.15, 0.2) is 0 Å². The van der Waals surface area contributed by atoms with Crippen LogP contribution in [-0.4, -0.2) is 15.9 Å². The number of benzene rings is 1. The molecule has 0 saturated heterocycles. The third-order valence-electron chi connectivity index (χ3n) is 3.98. The Balaban J connectivity index is 1.77. The van der Waals surface area contributed by atoms with Crippen molar-refractivity contribution in [3.8, 4) is 11.3 Å². The van der Waals surface area contributed by atoms with Crippen LogP contribution in [0.15, 0.2) is 66.3 Å². The van der Waals surface area contributed by atoms with Crippen LogP contribution in [-0.2, 0) is 6.54 Å². The van der Waals surface area contributed by atoms with Crippen molar-refractivity contribution in [2.24, 2.45) is 0 Å². The van der Waals surface area contributed by atoms with Gasteiger partial charge in [-0.25, -0.2) is 4.98 Å². The number of carbonyl (C=O) groups is 1. The van der Waals surface area contributed by atoms with E-state index in [9.17, 15) is 4.79 Å². The van der Waals surface area contributed by atoms with Gasteiger partial charge in [0.25, 0.3) is 5.91 Å². The van der Waals surface area contributed by atoms with Gasteiger partial charge in [-0.15, -0.1) is 11.3 Å². The van der Waals surface area contributed by atoms with E-state index in [1.54, 1.807) is 41.9 Å². The van der Waals surface area contributed by atoms with Crippen LogP contribution in [0.4, 0.5) is 0 Å². The van der Waals surface area contributed by atoms with Crippen molar-refractivity contribution in [1.29, 1.82) is 0 Å². The summed E-state index contributed by atoms with van der Waals surface area (Å²) in [5, 5.41) is 6.27. The van der Waals surface area contributed by atoms with Crippen LogP contribution >= 0.6 is 22.9 Å². The summed E-state index contributed by atoms with van der Waals surface area (Å²) in [5.41, 5.74) is 2.83. The van der Waals surface area contributed by atoms with Crippen molar-refractivity contribution in [2.45, 2.75) is 6.54 Å². The van der Waals surface area contributed by atoms with Crippen LogP contribution < -0.4 is 5.32 Å². The third-order valence-corrected chi connectivity index (χ3v) is 5.09. The largest absolute Gasteiger partial charge is 0.347 e. The van der Waals surface area contributed by atoms with Crippen molar-refractivity contribution < 1.29 is 4.79 Å². The lowest BCUT2D eigenvalue weighted by Crippen LogP contribution is -2.22. The molecular formula is C20H14ClN3OS. The smallest absolute Gasteiger partial charge is 0.252 e. The molecule has 6 heteroatoms. The Morgan fingerprint density at radius 3 is 2.85 bits per heavy atom. The maximum Gasteiger partial charge on any atom is 0.252 e. The maximum atomic E-state index is 12.9. The molecule has 0 bridgehead atoms. The Labute approximate surface area is 159 Å². The van der Waals surface area contributed by atoms with E-state index in [1.807, 2.05) is 35.7 Å². The molecule has 3 heterocycles. The first-order chi connectivity index (χ1) is 12.7. The second-order valence-corrected chi connectivity index (χ2v) is 7.19. The Hall–Kier alpha value is -2.76. The number of nitrogens with zero attached hydrogens (tertiary/aromatic N) is 2. The molecule has 26 heavy (non-hydrogen) atoms. The third kappa shape index (κ3) is 3.45. The Morgan fingerprint density at radius 1 is 1.15 bits per heavy atom. The minimum absolute atomic E-state index is 0.154. The van der Waals surface area contributed by atoms with Gasteiger partial charge in [-0.2, -0.15) is 0 Å². The Morgan fingerprint density at radius 2 is 2.08 bits per heavy atom. The summed E-state index contributed by atoms with van der Waals surface area (Å²) in [6.07, 6.45) is 3.44. The predicted octanol–water partition coefficient (Wildman–Crippen LogP) is 4.94. The van der Waals surface area contributed by atoms with Gasteiger partial charge < -0.3 is 5.32 Å². The van der Waals surface area contributed by atoms with Crippen molar-refractivity contribution in [2.75, 3.05) is 0 Å². The summed E-state index contributed by atoms with van der Waals surface area (Å²) in [6, 6.07) is 14.9. The molecule has 0 unspecified atom stereocenters. The van der Waals surface area contributed by atoms with E-state index in [0.29, 0.717) is 22.8 Å². The molecular weight excluding hydrogens is 366 g/mol. The number of halogens is 1. The van der Waals surface area contributed by atoms with Crippen molar-refractivity contribution >= 4 is 39.7 Å². The molecule has 128 valence electrons. The number of pyridine rings is 2. The zero-order valence-corrected chi connectivity index (χ0v) is 15.2. The van der Waals surface area contributed by atoms with Crippen LogP contribution in [0.25, 0.3) is 22.2 Å². The summed E-state index contributed by atoms with van der Waals surface area (Å²) >= 11 is 7.75. The normalized spacial score (nSPS) is 10.8. The molecule has 0 aliphatic carbocycles. The van der Waals surface area contributed by atoms with Gasteiger partial charge in [0.2, 0.25) is 0 Å². The average molecular weight is 380 g/mol. The zero-order valence-electron chi connectivity index (χ0n) is 13.6. The highest BCUT2D eigenvalue weighted by molar-refractivity contribution is 7.09. The number of rotatable bonds is 4. The molecule has 1 aromatic carbocycles. The standard InChI is InChI=1S/C20H14ClN3OS/c21-14-5-6-18-16(9-14)17(20(25)23-12-15-4-2-8-26-15)10-19(24-18)13-3-1-7-22-11-13/h1-11H,12H2,(H,23,25). The van der Waals surface area contributed by atoms with E-state index >= 15 is 0 Å². The van der Waals surface area contributed by atoms with Gasteiger partial charge in [0.05, 0.1) is 23.3 Å². The number of hydrogen-bond acceptors (Lipinski definition) is 4. The minimum Gasteiger partial charge on any atom is -0.347 e. The summed E-state index contributed by atoms with van der Waals surface area (Å²) in [5.74, 6) is -0.154. The van der Waals surface area contributed by atoms with E-state index in [2.05, 4.69) is 15.3 Å². The minimum atomic E-state index is -0.154. The summed E-state index contributed by atoms with van der Waals surface area (Å²) in [6.45, 7) is 0.489. The summed E-state index contributed by atoms with van der Waals surface area (Å²) < 4.78 is 0. The topological polar surface area (TPSA) is 54.9 Å². The van der Waals surface area contributed by atoms with Gasteiger partial charge in [0, 0.05) is 33.2 Å². The molecule has 4 nitrogen and oxygen atoms in total. The molecule has 0 aliphatic heterocycles. The van der Waals surface area contributed by atoms with Crippen LogP contribution in [0.5, 0.6) is 0 Å². The molecule has 3 aromatic heterocycles. The number of aromatic nitrogens is 2. The maximum absolute atomic E-state index is 12.9. The summed E-state index contributed by atoms with van der Waals surface area (Å²) in [4.78, 5) is 22.8. The van der Waals surface area contributed by atoms with Crippen LogP contribution in [0.3, 0.4) is 0 Å². The molecule has 0 saturated carbocycles. The van der Waals surface area contributed by atoms with E-state index in [-0.39, 0.29) is 5.91 Å². The van der Waals surface area contributed by atoms with Gasteiger partial charge in [-0.05, 0) is 47.8 Å². The number of fused-ring (bicyclic) bond motifs is 1. The van der Waals surface area contributed by atoms with Crippen molar-refractivity contribution in [3.63, 3.8) is 0 Å². The molecule has 0 spiro atoms. The molecule has 0 radical (unpaired) electrons. The number of amides is 1. The van der Waals surface area contributed by atoms with E-state index < -0.39 is 0 Å². The van der Waals surface area contributed by atoms with E-state index in [0.717, 1.165) is 21.3 Å². The Bertz CT molecular complexity index is 1070. The van der Waals surface area contributed by atoms with E-state index in [4.69, 9.17) is 11.6 Å². The highest BCUT2D eigenvalue weighted by Crippen LogP contribution is 2.27. The fourth-order valence-corrected chi connectivity index (χ4v) is 3.54. The summed E-state index contributed by atoms with van der Waals surface area (Å²) in [7, 11) is 0. The first kappa shape index (κ1) is 16.7. The predicted molar refractivity (Wildman–Crippen MR) is 105 cm³/mol. The van der Waals surface area contributed by atoms with E-state index in [1.165, 1.54) is 0 Å². The van der Waals surface area contributed by atoms with Gasteiger partial charge >= 0.3 is 0 Å². The van der Waals surface area contributed by atoms with Crippen LogP contribution in [0.2, 0.25) is 5.02 Å². The first-order valence-corrected chi connectivity index (χ1v) is 9.28. The van der Waals surface area contributed by atoms with Crippen molar-refractivity contribution in [1.82, 2.24) is 15.3 Å². The number of carbonyl (C=O) groups excluding carboxylic acids is 1. The molecule has 1 N–H and O–H groups in total. The quantitative estimate of drug-likeness (QED) is 0.546. The molecule has 0 aliphatic rings. The number of thiophene rings is 1. The fraction of sp³-hybridized carbons (Fsp3) is 0.0500.